The Balaban J connectivity index is 2.40. The molecule has 3 atom stereocenters. The van der Waals surface area contributed by atoms with Crippen molar-refractivity contribution >= 4 is 11.6 Å². The number of nitrogens with zero attached hydrogens (tertiary/aromatic N) is 1. The van der Waals surface area contributed by atoms with E-state index in [4.69, 9.17) is 5.73 Å². The number of hydrogen-bond donors (Lipinski definition) is 2. The molecule has 0 radical (unpaired) electrons. The maximum Gasteiger partial charge on any atom is 0.222 e. The van der Waals surface area contributed by atoms with Crippen molar-refractivity contribution in [2.24, 2.45) is 11.7 Å². The molecule has 1 amide bonds. The molecule has 0 aliphatic carbocycles. The summed E-state index contributed by atoms with van der Waals surface area (Å²) in [6, 6.07) is 4.78. The molecule has 1 saturated heterocycles. The molecule has 1 fully saturated rings. The van der Waals surface area contributed by atoms with Gasteiger partial charge in [-0.25, -0.2) is 4.39 Å². The zero-order valence-electron chi connectivity index (χ0n) is 11.8. The van der Waals surface area contributed by atoms with Gasteiger partial charge in [-0.2, -0.15) is 0 Å². The van der Waals surface area contributed by atoms with Gasteiger partial charge in [-0.3, -0.25) is 4.79 Å². The molecular formula is C15H21FN2O2. The lowest BCUT2D eigenvalue weighted by molar-refractivity contribution is -0.122. The zero-order chi connectivity index (χ0) is 14.9. The molecule has 20 heavy (non-hydrogen) atoms. The van der Waals surface area contributed by atoms with Crippen molar-refractivity contribution in [2.75, 3.05) is 11.4 Å². The van der Waals surface area contributed by atoms with Crippen LogP contribution >= 0.6 is 0 Å². The van der Waals surface area contributed by atoms with Crippen LogP contribution in [0.3, 0.4) is 0 Å². The average molecular weight is 280 g/mol. The van der Waals surface area contributed by atoms with E-state index in [-0.39, 0.29) is 23.7 Å². The van der Waals surface area contributed by atoms with E-state index in [1.807, 2.05) is 11.8 Å². The number of primary amides is 1. The summed E-state index contributed by atoms with van der Waals surface area (Å²) >= 11 is 0. The average Bonchev–Trinajstić information content (AvgIpc) is 2.39. The van der Waals surface area contributed by atoms with Gasteiger partial charge in [-0.15, -0.1) is 0 Å². The van der Waals surface area contributed by atoms with Crippen LogP contribution < -0.4 is 10.6 Å². The van der Waals surface area contributed by atoms with Gasteiger partial charge < -0.3 is 15.7 Å². The Morgan fingerprint density at radius 3 is 2.80 bits per heavy atom. The lowest BCUT2D eigenvalue weighted by atomic mass is 9.91. The smallest absolute Gasteiger partial charge is 0.222 e. The Hall–Kier alpha value is -1.62. The van der Waals surface area contributed by atoms with E-state index < -0.39 is 6.10 Å². The van der Waals surface area contributed by atoms with Crippen LogP contribution in [0.4, 0.5) is 10.1 Å². The molecule has 2 unspecified atom stereocenters. The standard InChI is InChI=1S/C15H21FN2O2/c1-9-6-7-11(15(17)20)8-18(9)14-12(10(2)19)4-3-5-13(14)16/h3-5,9-11,19H,6-8H2,1-2H3,(H2,17,20)/t9?,10-,11?/m0/s1. The van der Waals surface area contributed by atoms with Gasteiger partial charge in [0.05, 0.1) is 17.7 Å². The number of aliphatic hydroxyl groups excluding tert-OH is 1. The van der Waals surface area contributed by atoms with E-state index in [9.17, 15) is 14.3 Å². The van der Waals surface area contributed by atoms with E-state index in [1.54, 1.807) is 19.1 Å². The van der Waals surface area contributed by atoms with Crippen molar-refractivity contribution in [2.45, 2.75) is 38.8 Å². The second kappa shape index (κ2) is 5.79. The van der Waals surface area contributed by atoms with Crippen LogP contribution in [0, 0.1) is 11.7 Å². The fourth-order valence-corrected chi connectivity index (χ4v) is 2.82. The number of carbonyl (C=O) groups excluding carboxylic acids is 1. The van der Waals surface area contributed by atoms with Gasteiger partial charge in [0.1, 0.15) is 5.82 Å². The third kappa shape index (κ3) is 2.77. The quantitative estimate of drug-likeness (QED) is 0.889. The molecular weight excluding hydrogens is 259 g/mol. The number of para-hydroxylation sites is 1. The SMILES string of the molecule is CC1CCC(C(N)=O)CN1c1c(F)cccc1[C@H](C)O. The molecule has 4 nitrogen and oxygen atoms in total. The van der Waals surface area contributed by atoms with Crippen LogP contribution in [0.15, 0.2) is 18.2 Å². The van der Waals surface area contributed by atoms with E-state index in [0.29, 0.717) is 17.8 Å². The molecule has 2 rings (SSSR count). The first-order chi connectivity index (χ1) is 9.41. The third-order valence-electron chi connectivity index (χ3n) is 4.04. The molecule has 1 aromatic carbocycles. The van der Waals surface area contributed by atoms with E-state index in [0.717, 1.165) is 12.8 Å². The number of amides is 1. The predicted molar refractivity (Wildman–Crippen MR) is 75.8 cm³/mol. The van der Waals surface area contributed by atoms with E-state index in [1.165, 1.54) is 6.07 Å². The van der Waals surface area contributed by atoms with Crippen molar-refractivity contribution in [3.8, 4) is 0 Å². The minimum atomic E-state index is -0.762. The molecule has 1 heterocycles. The molecule has 1 aliphatic rings. The fourth-order valence-electron chi connectivity index (χ4n) is 2.82. The van der Waals surface area contributed by atoms with E-state index in [2.05, 4.69) is 0 Å². The molecule has 0 aromatic heterocycles. The summed E-state index contributed by atoms with van der Waals surface area (Å²) in [7, 11) is 0. The second-order valence-electron chi connectivity index (χ2n) is 5.53. The highest BCUT2D eigenvalue weighted by Gasteiger charge is 2.31. The monoisotopic (exact) mass is 280 g/mol. The molecule has 1 aromatic rings. The Morgan fingerprint density at radius 1 is 1.50 bits per heavy atom. The fraction of sp³-hybridized carbons (Fsp3) is 0.533. The summed E-state index contributed by atoms with van der Waals surface area (Å²) in [6.45, 7) is 4.01. The van der Waals surface area contributed by atoms with Crippen molar-refractivity contribution in [3.63, 3.8) is 0 Å². The van der Waals surface area contributed by atoms with Crippen molar-refractivity contribution in [1.29, 1.82) is 0 Å². The van der Waals surface area contributed by atoms with Gasteiger partial charge in [-0.1, -0.05) is 12.1 Å². The molecule has 3 N–H and O–H groups in total. The lowest BCUT2D eigenvalue weighted by Gasteiger charge is -2.40. The first-order valence-electron chi connectivity index (χ1n) is 6.94. The number of hydrogen-bond acceptors (Lipinski definition) is 3. The normalized spacial score (nSPS) is 24.5. The molecule has 0 spiro atoms. The molecule has 5 heteroatoms. The molecule has 0 bridgehead atoms. The van der Waals surface area contributed by atoms with Crippen molar-refractivity contribution in [3.05, 3.63) is 29.6 Å². The van der Waals surface area contributed by atoms with Crippen molar-refractivity contribution in [1.82, 2.24) is 0 Å². The number of aliphatic hydroxyl groups is 1. The highest BCUT2D eigenvalue weighted by atomic mass is 19.1. The highest BCUT2D eigenvalue weighted by molar-refractivity contribution is 5.78. The lowest BCUT2D eigenvalue weighted by Crippen LogP contribution is -2.46. The first kappa shape index (κ1) is 14.8. The first-order valence-corrected chi connectivity index (χ1v) is 6.94. The molecule has 110 valence electrons. The number of nitrogens with two attached hydrogens (primary N) is 1. The topological polar surface area (TPSA) is 66.6 Å². The van der Waals surface area contributed by atoms with Crippen LogP contribution in [-0.4, -0.2) is 23.6 Å². The minimum Gasteiger partial charge on any atom is -0.389 e. The van der Waals surface area contributed by atoms with Gasteiger partial charge in [-0.05, 0) is 32.8 Å². The van der Waals surface area contributed by atoms with Crippen LogP contribution in [0.1, 0.15) is 38.4 Å². The Morgan fingerprint density at radius 2 is 2.20 bits per heavy atom. The summed E-state index contributed by atoms with van der Waals surface area (Å²) in [6.07, 6.45) is 0.744. The number of benzene rings is 1. The van der Waals surface area contributed by atoms with Gasteiger partial charge in [0.15, 0.2) is 0 Å². The zero-order valence-corrected chi connectivity index (χ0v) is 11.8. The number of piperidine rings is 1. The molecule has 1 aliphatic heterocycles. The number of rotatable bonds is 3. The maximum atomic E-state index is 14.2. The largest absolute Gasteiger partial charge is 0.389 e. The summed E-state index contributed by atoms with van der Waals surface area (Å²) in [5.41, 5.74) is 6.31. The van der Waals surface area contributed by atoms with Crippen LogP contribution in [0.2, 0.25) is 0 Å². The van der Waals surface area contributed by atoms with Crippen LogP contribution in [0.5, 0.6) is 0 Å². The molecule has 0 saturated carbocycles. The van der Waals surface area contributed by atoms with Gasteiger partial charge in [0.2, 0.25) is 5.91 Å². The second-order valence-corrected chi connectivity index (χ2v) is 5.53. The number of anilines is 1. The highest BCUT2D eigenvalue weighted by Crippen LogP contribution is 2.34. The Kier molecular flexibility index (Phi) is 4.28. The minimum absolute atomic E-state index is 0.111. The van der Waals surface area contributed by atoms with E-state index >= 15 is 0 Å². The summed E-state index contributed by atoms with van der Waals surface area (Å²) in [5, 5.41) is 9.84. The van der Waals surface area contributed by atoms with Gasteiger partial charge >= 0.3 is 0 Å². The summed E-state index contributed by atoms with van der Waals surface area (Å²) in [5.74, 6) is -0.995. The van der Waals surface area contributed by atoms with Gasteiger partial charge in [0, 0.05) is 18.2 Å². The number of carbonyl (C=O) groups is 1. The van der Waals surface area contributed by atoms with Gasteiger partial charge in [0.25, 0.3) is 0 Å². The summed E-state index contributed by atoms with van der Waals surface area (Å²) in [4.78, 5) is 13.3. The Labute approximate surface area is 118 Å². The third-order valence-corrected chi connectivity index (χ3v) is 4.04. The summed E-state index contributed by atoms with van der Waals surface area (Å²) < 4.78 is 14.2. The Bertz CT molecular complexity index is 505. The van der Waals surface area contributed by atoms with Crippen molar-refractivity contribution < 1.29 is 14.3 Å². The number of halogens is 1. The maximum absolute atomic E-state index is 14.2. The van der Waals surface area contributed by atoms with Crippen LogP contribution in [-0.2, 0) is 4.79 Å². The van der Waals surface area contributed by atoms with Crippen LogP contribution in [0.25, 0.3) is 0 Å². The predicted octanol–water partition coefficient (Wildman–Crippen LogP) is 1.97.